The maximum atomic E-state index is 15.8. The Morgan fingerprint density at radius 3 is 2.56 bits per heavy atom. The van der Waals surface area contributed by atoms with E-state index in [1.165, 1.54) is 33.8 Å². The van der Waals surface area contributed by atoms with Gasteiger partial charge < -0.3 is 10.1 Å². The first-order chi connectivity index (χ1) is 21.6. The van der Waals surface area contributed by atoms with Crippen molar-refractivity contribution in [1.82, 2.24) is 33.2 Å². The molecule has 1 N–H and O–H groups in total. The summed E-state index contributed by atoms with van der Waals surface area (Å²) < 4.78 is 55.9. The van der Waals surface area contributed by atoms with E-state index in [1.807, 2.05) is 0 Å². The number of aromatic nitrogens is 6. The predicted molar refractivity (Wildman–Crippen MR) is 162 cm³/mol. The largest absolute Gasteiger partial charge is 0.445 e. The number of benzene rings is 2. The summed E-state index contributed by atoms with van der Waals surface area (Å²) in [5.74, 6) is -0.875. The first-order valence-corrected chi connectivity index (χ1v) is 15.7. The van der Waals surface area contributed by atoms with E-state index in [4.69, 9.17) is 4.74 Å². The Bertz CT molecular complexity index is 2370. The molecule has 0 atom stereocenters. The summed E-state index contributed by atoms with van der Waals surface area (Å²) in [5.41, 5.74) is 2.13. The molecule has 0 saturated heterocycles. The van der Waals surface area contributed by atoms with E-state index in [9.17, 15) is 18.0 Å². The zero-order valence-electron chi connectivity index (χ0n) is 24.1. The topological polar surface area (TPSA) is 135 Å². The third-order valence-electron chi connectivity index (χ3n) is 8.70. The van der Waals surface area contributed by atoms with Gasteiger partial charge in [-0.1, -0.05) is 36.4 Å². The highest BCUT2D eigenvalue weighted by Crippen LogP contribution is 2.46. The first kappa shape index (κ1) is 27.3. The predicted octanol–water partition coefficient (Wildman–Crippen LogP) is 4.08. The zero-order valence-corrected chi connectivity index (χ0v) is 25.0. The van der Waals surface area contributed by atoms with Gasteiger partial charge in [0.15, 0.2) is 5.65 Å². The number of carbonyl (C=O) groups excluding carboxylic acids is 1. The molecule has 1 saturated carbocycles. The molecule has 0 radical (unpaired) electrons. The Hall–Kier alpha value is -5.24. The molecule has 228 valence electrons. The lowest BCUT2D eigenvalue weighted by Crippen LogP contribution is -2.47. The first-order valence-electron chi connectivity index (χ1n) is 14.3. The summed E-state index contributed by atoms with van der Waals surface area (Å²) in [5, 5.41) is 7.15. The van der Waals surface area contributed by atoms with Crippen molar-refractivity contribution in [1.29, 1.82) is 0 Å². The second-order valence-electron chi connectivity index (χ2n) is 11.5. The highest BCUT2D eigenvalue weighted by Gasteiger charge is 2.38. The molecule has 4 bridgehead atoms. The Kier molecular flexibility index (Phi) is 5.85. The second kappa shape index (κ2) is 9.63. The van der Waals surface area contributed by atoms with Gasteiger partial charge in [-0.25, -0.2) is 27.0 Å². The van der Waals surface area contributed by atoms with Crippen LogP contribution < -0.4 is 11.0 Å². The van der Waals surface area contributed by atoms with Gasteiger partial charge in [0.05, 0.1) is 38.8 Å². The number of nitrogens with one attached hydrogen (secondary N) is 1. The SMILES string of the molecule is Cn1cc(-c2c3c4c(ncc5c4n(c(=O)n5C)C4CC(C4)NC(=O)OCc4cccc-3c4)n2S(=O)(=O)c2ccccc2)c(F)n1. The number of rotatable bonds is 3. The molecule has 2 aliphatic heterocycles. The van der Waals surface area contributed by atoms with E-state index in [-0.39, 0.29) is 46.2 Å². The minimum Gasteiger partial charge on any atom is -0.445 e. The third kappa shape index (κ3) is 3.98. The molecule has 12 nitrogen and oxygen atoms in total. The molecule has 1 aliphatic carbocycles. The van der Waals surface area contributed by atoms with E-state index in [0.29, 0.717) is 46.0 Å². The van der Waals surface area contributed by atoms with E-state index in [2.05, 4.69) is 15.4 Å². The van der Waals surface area contributed by atoms with Crippen molar-refractivity contribution in [3.05, 3.63) is 89.0 Å². The van der Waals surface area contributed by atoms with Crippen molar-refractivity contribution in [2.75, 3.05) is 0 Å². The number of carbonyl (C=O) groups is 1. The van der Waals surface area contributed by atoms with Crippen LogP contribution in [-0.4, -0.2) is 48.4 Å². The van der Waals surface area contributed by atoms with Crippen molar-refractivity contribution in [2.45, 2.75) is 36.4 Å². The molecular formula is C31H26FN7O5S. The monoisotopic (exact) mass is 627 g/mol. The highest BCUT2D eigenvalue weighted by molar-refractivity contribution is 7.90. The average Bonchev–Trinajstić information content (AvgIpc) is 3.62. The van der Waals surface area contributed by atoms with Crippen molar-refractivity contribution >= 4 is 38.2 Å². The second-order valence-corrected chi connectivity index (χ2v) is 13.2. The summed E-state index contributed by atoms with van der Waals surface area (Å²) in [6.45, 7) is -0.0446. The van der Waals surface area contributed by atoms with Gasteiger partial charge in [-0.05, 0) is 42.2 Å². The molecule has 9 rings (SSSR count). The number of ether oxygens (including phenoxy) is 1. The Balaban J connectivity index is 1.61. The highest BCUT2D eigenvalue weighted by atomic mass is 32.2. The van der Waals surface area contributed by atoms with Crippen LogP contribution in [0.5, 0.6) is 0 Å². The Labute approximate surface area is 255 Å². The third-order valence-corrected chi connectivity index (χ3v) is 10.4. The van der Waals surface area contributed by atoms with Gasteiger partial charge in [0.25, 0.3) is 10.0 Å². The van der Waals surface area contributed by atoms with Crippen LogP contribution in [0.25, 0.3) is 44.5 Å². The molecule has 0 unspecified atom stereocenters. The number of amides is 1. The number of hydrogen-bond acceptors (Lipinski definition) is 7. The lowest BCUT2D eigenvalue weighted by molar-refractivity contribution is 0.122. The fraction of sp³-hybridized carbons (Fsp3) is 0.226. The van der Waals surface area contributed by atoms with Gasteiger partial charge in [-0.3, -0.25) is 13.8 Å². The number of halogens is 1. The molecule has 45 heavy (non-hydrogen) atoms. The zero-order chi connectivity index (χ0) is 31.2. The van der Waals surface area contributed by atoms with Crippen LogP contribution in [0.2, 0.25) is 0 Å². The lowest BCUT2D eigenvalue weighted by atomic mass is 9.86. The molecule has 1 fully saturated rings. The molecule has 2 aromatic carbocycles. The van der Waals surface area contributed by atoms with Crippen LogP contribution in [0.15, 0.2) is 76.7 Å². The van der Waals surface area contributed by atoms with Crippen LogP contribution >= 0.6 is 0 Å². The van der Waals surface area contributed by atoms with Crippen LogP contribution in [0.1, 0.15) is 24.4 Å². The molecule has 6 aromatic rings. The molecule has 14 heteroatoms. The van der Waals surface area contributed by atoms with Gasteiger partial charge in [0, 0.05) is 37.9 Å². The number of imidazole rings is 1. The summed E-state index contributed by atoms with van der Waals surface area (Å²) in [7, 11) is -1.21. The summed E-state index contributed by atoms with van der Waals surface area (Å²) >= 11 is 0. The van der Waals surface area contributed by atoms with Gasteiger partial charge >= 0.3 is 11.8 Å². The van der Waals surface area contributed by atoms with Crippen molar-refractivity contribution in [2.24, 2.45) is 14.1 Å². The standard InChI is InChI=1S/C31H26FN7O5S/c1-36-15-22(28(32)35-36)26-24-18-8-6-7-17(11-18)16-44-30(40)34-19-12-20(13-19)38-27-23(37(2)31(38)41)14-33-29(25(24)27)39(26)45(42,43)21-9-4-3-5-10-21/h3-11,14-15,19-20H,12-13,16H2,1-2H3,(H,34,40). The number of hydrogen-bond donors (Lipinski definition) is 1. The summed E-state index contributed by atoms with van der Waals surface area (Å²) in [6, 6.07) is 14.4. The van der Waals surface area contributed by atoms with Crippen molar-refractivity contribution in [3.63, 3.8) is 0 Å². The van der Waals surface area contributed by atoms with Gasteiger partial charge in [0.1, 0.15) is 6.61 Å². The number of fused-ring (bicyclic) bond motifs is 3. The van der Waals surface area contributed by atoms with Crippen LogP contribution in [0, 0.1) is 5.95 Å². The lowest BCUT2D eigenvalue weighted by Gasteiger charge is -2.36. The van der Waals surface area contributed by atoms with Gasteiger partial charge in [0.2, 0.25) is 5.95 Å². The number of nitrogens with zero attached hydrogens (tertiary/aromatic N) is 6. The Morgan fingerprint density at radius 2 is 1.82 bits per heavy atom. The van der Waals surface area contributed by atoms with Crippen molar-refractivity contribution in [3.8, 4) is 22.4 Å². The normalized spacial score (nSPS) is 18.1. The van der Waals surface area contributed by atoms with Crippen molar-refractivity contribution < 1.29 is 22.3 Å². The minimum absolute atomic E-state index is 0.0108. The minimum atomic E-state index is -4.39. The molecule has 1 amide bonds. The van der Waals surface area contributed by atoms with Gasteiger partial charge in [-0.2, -0.15) is 4.39 Å². The summed E-state index contributed by atoms with van der Waals surface area (Å²) in [4.78, 5) is 31.1. The molecule has 3 aliphatic rings. The molecular weight excluding hydrogens is 601 g/mol. The number of pyridine rings is 1. The summed E-state index contributed by atoms with van der Waals surface area (Å²) in [6.07, 6.45) is 3.25. The van der Waals surface area contributed by atoms with Gasteiger partial charge in [-0.15, -0.1) is 5.10 Å². The fourth-order valence-electron chi connectivity index (χ4n) is 6.55. The average molecular weight is 628 g/mol. The quantitative estimate of drug-likeness (QED) is 0.313. The van der Waals surface area contributed by atoms with Crippen LogP contribution in [0.3, 0.4) is 0 Å². The van der Waals surface area contributed by atoms with E-state index >= 15 is 4.39 Å². The van der Waals surface area contributed by atoms with Crippen LogP contribution in [0.4, 0.5) is 9.18 Å². The Morgan fingerprint density at radius 1 is 1.04 bits per heavy atom. The number of aryl methyl sites for hydroxylation is 2. The molecule has 0 spiro atoms. The maximum absolute atomic E-state index is 15.8. The maximum Gasteiger partial charge on any atom is 0.407 e. The fourth-order valence-corrected chi connectivity index (χ4v) is 8.06. The molecule has 4 aromatic heterocycles. The van der Waals surface area contributed by atoms with E-state index in [0.717, 1.165) is 3.97 Å². The molecule has 6 heterocycles. The smallest absolute Gasteiger partial charge is 0.407 e. The van der Waals surface area contributed by atoms with Crippen LogP contribution in [-0.2, 0) is 35.5 Å². The number of alkyl carbamates (subject to hydrolysis) is 1. The van der Waals surface area contributed by atoms with E-state index in [1.54, 1.807) is 61.1 Å². The van der Waals surface area contributed by atoms with E-state index < -0.39 is 22.1 Å².